The Bertz CT molecular complexity index is 280. The summed E-state index contributed by atoms with van der Waals surface area (Å²) in [5.74, 6) is -0.276. The van der Waals surface area contributed by atoms with Gasteiger partial charge >= 0.3 is 5.97 Å². The number of carbonyl (C=O) groups is 1. The molecule has 1 aliphatic rings. The molecule has 0 N–H and O–H groups in total. The Balaban J connectivity index is 1.91. The summed E-state index contributed by atoms with van der Waals surface area (Å²) in [4.78, 5) is 11.9. The second-order valence-corrected chi connectivity index (χ2v) is 3.88. The van der Waals surface area contributed by atoms with E-state index in [4.69, 9.17) is 4.74 Å². The van der Waals surface area contributed by atoms with Crippen LogP contribution in [0.5, 0.6) is 0 Å². The van der Waals surface area contributed by atoms with Gasteiger partial charge in [-0.2, -0.15) is 0 Å². The van der Waals surface area contributed by atoms with E-state index in [2.05, 4.69) is 9.59 Å². The Kier molecular flexibility index (Phi) is 2.54. The van der Waals surface area contributed by atoms with Crippen LogP contribution < -0.4 is 0 Å². The molecule has 0 bridgehead atoms. The fourth-order valence-corrected chi connectivity index (χ4v) is 1.87. The Morgan fingerprint density at radius 1 is 1.54 bits per heavy atom. The lowest BCUT2D eigenvalue weighted by molar-refractivity contribution is 0.0323. The highest BCUT2D eigenvalue weighted by Crippen LogP contribution is 2.22. The molecule has 0 atom stereocenters. The van der Waals surface area contributed by atoms with Crippen LogP contribution in [0.1, 0.15) is 35.4 Å². The number of aromatic nitrogens is 2. The molecule has 1 heterocycles. The van der Waals surface area contributed by atoms with Crippen molar-refractivity contribution in [3.05, 3.63) is 11.1 Å². The first-order valence-electron chi connectivity index (χ1n) is 4.34. The maximum absolute atomic E-state index is 11.4. The van der Waals surface area contributed by atoms with Gasteiger partial charge in [-0.3, -0.25) is 0 Å². The van der Waals surface area contributed by atoms with Crippen molar-refractivity contribution in [2.45, 2.75) is 31.8 Å². The van der Waals surface area contributed by atoms with Crippen molar-refractivity contribution in [1.82, 2.24) is 9.59 Å². The smallest absolute Gasteiger partial charge is 0.351 e. The van der Waals surface area contributed by atoms with Crippen LogP contribution >= 0.6 is 11.5 Å². The number of ether oxygens (including phenoxy) is 1. The van der Waals surface area contributed by atoms with Crippen LogP contribution in [-0.4, -0.2) is 21.7 Å². The molecule has 13 heavy (non-hydrogen) atoms. The third-order valence-electron chi connectivity index (χ3n) is 2.14. The van der Waals surface area contributed by atoms with Gasteiger partial charge in [-0.1, -0.05) is 4.49 Å². The predicted molar refractivity (Wildman–Crippen MR) is 47.6 cm³/mol. The molecule has 1 aromatic rings. The standard InChI is InChI=1S/C8H10N2O2S/c11-8(7-5-9-10-13-7)12-6-3-1-2-4-6/h5-6H,1-4H2. The summed E-state index contributed by atoms with van der Waals surface area (Å²) < 4.78 is 8.86. The number of hydrogen-bond acceptors (Lipinski definition) is 5. The predicted octanol–water partition coefficient (Wildman–Crippen LogP) is 1.64. The summed E-state index contributed by atoms with van der Waals surface area (Å²) in [5, 5.41) is 3.59. The van der Waals surface area contributed by atoms with E-state index < -0.39 is 0 Å². The van der Waals surface area contributed by atoms with Gasteiger partial charge in [0.05, 0.1) is 6.20 Å². The normalized spacial score (nSPS) is 17.5. The number of esters is 1. The fourth-order valence-electron chi connectivity index (χ4n) is 1.47. The Hall–Kier alpha value is -0.970. The van der Waals surface area contributed by atoms with Gasteiger partial charge in [0.2, 0.25) is 0 Å². The molecule has 0 amide bonds. The first-order chi connectivity index (χ1) is 6.36. The van der Waals surface area contributed by atoms with Gasteiger partial charge in [0.25, 0.3) is 0 Å². The Labute approximate surface area is 80.1 Å². The first kappa shape index (κ1) is 8.62. The minimum atomic E-state index is -0.276. The van der Waals surface area contributed by atoms with Crippen molar-refractivity contribution in [3.8, 4) is 0 Å². The minimum absolute atomic E-state index is 0.120. The summed E-state index contributed by atoms with van der Waals surface area (Å²) in [6.45, 7) is 0. The monoisotopic (exact) mass is 198 g/mol. The van der Waals surface area contributed by atoms with Crippen molar-refractivity contribution in [3.63, 3.8) is 0 Å². The molecule has 70 valence electrons. The highest BCUT2D eigenvalue weighted by molar-refractivity contribution is 7.07. The summed E-state index contributed by atoms with van der Waals surface area (Å²) >= 11 is 1.08. The van der Waals surface area contributed by atoms with Crippen LogP contribution in [0.2, 0.25) is 0 Å². The van der Waals surface area contributed by atoms with Crippen LogP contribution in [0.4, 0.5) is 0 Å². The average molecular weight is 198 g/mol. The van der Waals surface area contributed by atoms with Crippen LogP contribution in [0, 0.1) is 0 Å². The molecule has 0 aromatic carbocycles. The second kappa shape index (κ2) is 3.83. The molecule has 5 heteroatoms. The largest absolute Gasteiger partial charge is 0.458 e. The molecular weight excluding hydrogens is 188 g/mol. The molecular formula is C8H10N2O2S. The van der Waals surface area contributed by atoms with E-state index in [0.29, 0.717) is 4.88 Å². The Morgan fingerprint density at radius 2 is 2.31 bits per heavy atom. The molecule has 1 aliphatic carbocycles. The highest BCUT2D eigenvalue weighted by Gasteiger charge is 2.20. The lowest BCUT2D eigenvalue weighted by atomic mass is 10.3. The van der Waals surface area contributed by atoms with E-state index >= 15 is 0 Å². The SMILES string of the molecule is O=C(OC1CCCC1)c1cnns1. The number of carbonyl (C=O) groups excluding carboxylic acids is 1. The van der Waals surface area contributed by atoms with Gasteiger partial charge in [0, 0.05) is 0 Å². The maximum Gasteiger partial charge on any atom is 0.351 e. The zero-order valence-electron chi connectivity index (χ0n) is 7.10. The molecule has 4 nitrogen and oxygen atoms in total. The minimum Gasteiger partial charge on any atom is -0.458 e. The van der Waals surface area contributed by atoms with Gasteiger partial charge in [-0.25, -0.2) is 4.79 Å². The maximum atomic E-state index is 11.4. The first-order valence-corrected chi connectivity index (χ1v) is 5.12. The van der Waals surface area contributed by atoms with Gasteiger partial charge in [-0.05, 0) is 37.2 Å². The lowest BCUT2D eigenvalue weighted by Gasteiger charge is -2.08. The molecule has 0 saturated heterocycles. The van der Waals surface area contributed by atoms with E-state index in [1.165, 1.54) is 19.0 Å². The summed E-state index contributed by atoms with van der Waals surface area (Å²) in [6.07, 6.45) is 5.89. The average Bonchev–Trinajstić information content (AvgIpc) is 2.74. The van der Waals surface area contributed by atoms with Crippen LogP contribution in [0.15, 0.2) is 6.20 Å². The highest BCUT2D eigenvalue weighted by atomic mass is 32.1. The van der Waals surface area contributed by atoms with Crippen LogP contribution in [0.25, 0.3) is 0 Å². The zero-order chi connectivity index (χ0) is 9.10. The summed E-state index contributed by atoms with van der Waals surface area (Å²) in [5.41, 5.74) is 0. The van der Waals surface area contributed by atoms with Gasteiger partial charge in [0.15, 0.2) is 4.88 Å². The van der Waals surface area contributed by atoms with E-state index in [9.17, 15) is 4.79 Å². The van der Waals surface area contributed by atoms with E-state index in [-0.39, 0.29) is 12.1 Å². The van der Waals surface area contributed by atoms with Gasteiger partial charge in [0.1, 0.15) is 6.10 Å². The molecule has 2 rings (SSSR count). The van der Waals surface area contributed by atoms with E-state index in [0.717, 1.165) is 24.4 Å². The number of rotatable bonds is 2. The van der Waals surface area contributed by atoms with Crippen LogP contribution in [0.3, 0.4) is 0 Å². The Morgan fingerprint density at radius 3 is 2.92 bits per heavy atom. The second-order valence-electron chi connectivity index (χ2n) is 3.09. The summed E-state index contributed by atoms with van der Waals surface area (Å²) in [6, 6.07) is 0. The lowest BCUT2D eigenvalue weighted by Crippen LogP contribution is -2.13. The van der Waals surface area contributed by atoms with Crippen molar-refractivity contribution >= 4 is 17.5 Å². The molecule has 0 unspecified atom stereocenters. The van der Waals surface area contributed by atoms with Crippen LogP contribution in [-0.2, 0) is 4.74 Å². The molecule has 1 saturated carbocycles. The van der Waals surface area contributed by atoms with Crippen molar-refractivity contribution in [2.24, 2.45) is 0 Å². The summed E-state index contributed by atoms with van der Waals surface area (Å²) in [7, 11) is 0. The topological polar surface area (TPSA) is 52.1 Å². The molecule has 1 fully saturated rings. The van der Waals surface area contributed by atoms with Gasteiger partial charge < -0.3 is 4.74 Å². The zero-order valence-corrected chi connectivity index (χ0v) is 7.92. The number of nitrogens with zero attached hydrogens (tertiary/aromatic N) is 2. The molecule has 0 radical (unpaired) electrons. The quantitative estimate of drug-likeness (QED) is 0.678. The van der Waals surface area contributed by atoms with Crippen molar-refractivity contribution in [2.75, 3.05) is 0 Å². The number of hydrogen-bond donors (Lipinski definition) is 0. The van der Waals surface area contributed by atoms with Crippen molar-refractivity contribution in [1.29, 1.82) is 0 Å². The third-order valence-corrected chi connectivity index (χ3v) is 2.78. The van der Waals surface area contributed by atoms with Gasteiger partial charge in [-0.15, -0.1) is 5.10 Å². The molecule has 0 spiro atoms. The van der Waals surface area contributed by atoms with E-state index in [1.54, 1.807) is 0 Å². The van der Waals surface area contributed by atoms with Crippen molar-refractivity contribution < 1.29 is 9.53 Å². The molecule has 1 aromatic heterocycles. The fraction of sp³-hybridized carbons (Fsp3) is 0.625. The van der Waals surface area contributed by atoms with E-state index in [1.807, 2.05) is 0 Å². The third kappa shape index (κ3) is 2.03. The molecule has 0 aliphatic heterocycles.